The number of hydroxylamine groups is 1. The molecule has 1 aromatic carbocycles. The predicted molar refractivity (Wildman–Crippen MR) is 118 cm³/mol. The zero-order chi connectivity index (χ0) is 22.5. The molecule has 0 spiro atoms. The molecule has 3 rings (SSSR count). The van der Waals surface area contributed by atoms with Crippen LogP contribution in [0, 0.1) is 13.8 Å². The Morgan fingerprint density at radius 3 is 2.58 bits per heavy atom. The van der Waals surface area contributed by atoms with E-state index in [2.05, 4.69) is 26.2 Å². The van der Waals surface area contributed by atoms with E-state index in [1.165, 1.54) is 13.4 Å². The second kappa shape index (κ2) is 9.57. The van der Waals surface area contributed by atoms with Gasteiger partial charge in [0.1, 0.15) is 11.8 Å². The molecule has 0 radical (unpaired) electrons. The molecule has 164 valence electrons. The van der Waals surface area contributed by atoms with E-state index >= 15 is 0 Å². The lowest BCUT2D eigenvalue weighted by Crippen LogP contribution is -2.33. The average molecular weight is 425 g/mol. The summed E-state index contributed by atoms with van der Waals surface area (Å²) in [4.78, 5) is 34.0. The molecule has 0 unspecified atom stereocenters. The largest absolute Gasteiger partial charge is 0.349 e. The number of aryl methyl sites for hydroxylation is 2. The van der Waals surface area contributed by atoms with Crippen molar-refractivity contribution in [1.82, 2.24) is 25.4 Å². The van der Waals surface area contributed by atoms with E-state index in [9.17, 15) is 9.59 Å². The number of hydrogen-bond acceptors (Lipinski definition) is 6. The van der Waals surface area contributed by atoms with Crippen LogP contribution in [0.3, 0.4) is 0 Å². The Morgan fingerprint density at radius 1 is 1.16 bits per heavy atom. The van der Waals surface area contributed by atoms with Crippen molar-refractivity contribution in [3.63, 3.8) is 0 Å². The highest BCUT2D eigenvalue weighted by Crippen LogP contribution is 2.27. The second-order valence-corrected chi connectivity index (χ2v) is 7.35. The minimum absolute atomic E-state index is 0.127. The van der Waals surface area contributed by atoms with Crippen molar-refractivity contribution < 1.29 is 14.4 Å². The van der Waals surface area contributed by atoms with Gasteiger partial charge in [-0.1, -0.05) is 19.9 Å². The second-order valence-electron chi connectivity index (χ2n) is 7.35. The summed E-state index contributed by atoms with van der Waals surface area (Å²) in [5, 5.41) is 10.6. The summed E-state index contributed by atoms with van der Waals surface area (Å²) in [6.45, 7) is 7.90. The van der Waals surface area contributed by atoms with Crippen LogP contribution >= 0.6 is 0 Å². The van der Waals surface area contributed by atoms with E-state index in [1.54, 1.807) is 22.8 Å². The fourth-order valence-electron chi connectivity index (χ4n) is 3.41. The van der Waals surface area contributed by atoms with Crippen LogP contribution in [0.15, 0.2) is 30.7 Å². The molecule has 0 saturated heterocycles. The van der Waals surface area contributed by atoms with E-state index in [-0.39, 0.29) is 17.9 Å². The quantitative estimate of drug-likeness (QED) is 0.479. The number of carbonyl (C=O) groups excluding carboxylic acids is 2. The SMILES string of the molecule is CCC(CC)NC(=O)c1cn2ncnc(Nc3cc(C(=O)NOC)ccc3C)c2c1C. The van der Waals surface area contributed by atoms with Gasteiger partial charge >= 0.3 is 0 Å². The molecule has 0 aliphatic rings. The summed E-state index contributed by atoms with van der Waals surface area (Å²) < 4.78 is 1.64. The number of benzene rings is 1. The van der Waals surface area contributed by atoms with Gasteiger partial charge in [-0.2, -0.15) is 5.10 Å². The zero-order valence-corrected chi connectivity index (χ0v) is 18.4. The highest BCUT2D eigenvalue weighted by atomic mass is 16.6. The fourth-order valence-corrected chi connectivity index (χ4v) is 3.41. The van der Waals surface area contributed by atoms with E-state index in [0.29, 0.717) is 28.1 Å². The van der Waals surface area contributed by atoms with E-state index in [1.807, 2.05) is 33.8 Å². The Kier molecular flexibility index (Phi) is 6.86. The number of anilines is 2. The Balaban J connectivity index is 1.97. The molecule has 31 heavy (non-hydrogen) atoms. The molecule has 9 nitrogen and oxygen atoms in total. The third-order valence-corrected chi connectivity index (χ3v) is 5.34. The van der Waals surface area contributed by atoms with Crippen LogP contribution in [0.25, 0.3) is 5.52 Å². The summed E-state index contributed by atoms with van der Waals surface area (Å²) in [5.74, 6) is 0.0659. The summed E-state index contributed by atoms with van der Waals surface area (Å²) >= 11 is 0. The van der Waals surface area contributed by atoms with E-state index in [4.69, 9.17) is 4.84 Å². The maximum atomic E-state index is 12.8. The van der Waals surface area contributed by atoms with Crippen LogP contribution in [0.1, 0.15) is 58.5 Å². The minimum atomic E-state index is -0.349. The number of fused-ring (bicyclic) bond motifs is 1. The Bertz CT molecular complexity index is 1100. The van der Waals surface area contributed by atoms with Gasteiger partial charge in [-0.25, -0.2) is 15.0 Å². The summed E-state index contributed by atoms with van der Waals surface area (Å²) in [6, 6.07) is 5.40. The van der Waals surface area contributed by atoms with Crippen LogP contribution in [0.2, 0.25) is 0 Å². The van der Waals surface area contributed by atoms with Crippen LogP contribution in [0.4, 0.5) is 11.5 Å². The van der Waals surface area contributed by atoms with Gasteiger partial charge in [0, 0.05) is 23.5 Å². The first-order chi connectivity index (χ1) is 14.9. The van der Waals surface area contributed by atoms with Crippen molar-refractivity contribution in [2.24, 2.45) is 0 Å². The number of hydrogen-bond donors (Lipinski definition) is 3. The highest BCUT2D eigenvalue weighted by Gasteiger charge is 2.20. The summed E-state index contributed by atoms with van der Waals surface area (Å²) in [5.41, 5.74) is 6.43. The lowest BCUT2D eigenvalue weighted by molar-refractivity contribution is 0.0537. The van der Waals surface area contributed by atoms with Gasteiger partial charge in [-0.15, -0.1) is 0 Å². The maximum absolute atomic E-state index is 12.8. The molecule has 2 aromatic heterocycles. The molecule has 0 aliphatic heterocycles. The molecule has 0 atom stereocenters. The maximum Gasteiger partial charge on any atom is 0.274 e. The molecular weight excluding hydrogens is 396 g/mol. The lowest BCUT2D eigenvalue weighted by atomic mass is 10.1. The normalized spacial score (nSPS) is 11.0. The number of carbonyl (C=O) groups is 2. The Morgan fingerprint density at radius 2 is 1.90 bits per heavy atom. The number of nitrogens with zero attached hydrogens (tertiary/aromatic N) is 3. The molecule has 0 aliphatic carbocycles. The number of nitrogens with one attached hydrogen (secondary N) is 3. The third kappa shape index (κ3) is 4.66. The lowest BCUT2D eigenvalue weighted by Gasteiger charge is -2.14. The molecule has 3 aromatic rings. The average Bonchev–Trinajstić information content (AvgIpc) is 3.11. The third-order valence-electron chi connectivity index (χ3n) is 5.34. The standard InChI is InChI=1S/C22H28N6O3/c1-6-16(7-2)25-22(30)17-11-28-19(14(17)4)20(23-12-24-28)26-18-10-15(9-8-13(18)3)21(29)27-31-5/h8-12,16H,6-7H2,1-5H3,(H,25,30)(H,27,29)(H,23,24,26). The van der Waals surface area contributed by atoms with Crippen LogP contribution in [-0.4, -0.2) is 39.6 Å². The van der Waals surface area contributed by atoms with Gasteiger partial charge in [0.15, 0.2) is 5.82 Å². The smallest absolute Gasteiger partial charge is 0.274 e. The van der Waals surface area contributed by atoms with Gasteiger partial charge in [-0.3, -0.25) is 14.4 Å². The minimum Gasteiger partial charge on any atom is -0.349 e. The molecule has 3 N–H and O–H groups in total. The molecular formula is C22H28N6O3. The van der Waals surface area contributed by atoms with E-state index in [0.717, 1.165) is 24.0 Å². The molecule has 0 bridgehead atoms. The topological polar surface area (TPSA) is 110 Å². The van der Waals surface area contributed by atoms with Gasteiger partial charge in [0.25, 0.3) is 11.8 Å². The predicted octanol–water partition coefficient (Wildman–Crippen LogP) is 3.30. The Labute approximate surface area is 181 Å². The van der Waals surface area contributed by atoms with Crippen molar-refractivity contribution in [3.05, 3.63) is 53.0 Å². The monoisotopic (exact) mass is 424 g/mol. The van der Waals surface area contributed by atoms with E-state index < -0.39 is 0 Å². The first kappa shape index (κ1) is 22.2. The van der Waals surface area contributed by atoms with Gasteiger partial charge in [-0.05, 0) is 49.9 Å². The van der Waals surface area contributed by atoms with Crippen molar-refractivity contribution in [2.45, 2.75) is 46.6 Å². The molecule has 0 fully saturated rings. The molecule has 2 heterocycles. The molecule has 2 amide bonds. The van der Waals surface area contributed by atoms with Gasteiger partial charge < -0.3 is 10.6 Å². The fraction of sp³-hybridized carbons (Fsp3) is 0.364. The first-order valence-corrected chi connectivity index (χ1v) is 10.2. The van der Waals surface area contributed by atoms with Crippen molar-refractivity contribution in [2.75, 3.05) is 12.4 Å². The van der Waals surface area contributed by atoms with Crippen molar-refractivity contribution in [1.29, 1.82) is 0 Å². The van der Waals surface area contributed by atoms with Crippen molar-refractivity contribution in [3.8, 4) is 0 Å². The summed E-state index contributed by atoms with van der Waals surface area (Å²) in [7, 11) is 1.38. The molecule has 0 saturated carbocycles. The van der Waals surface area contributed by atoms with Gasteiger partial charge in [0.2, 0.25) is 0 Å². The van der Waals surface area contributed by atoms with Crippen molar-refractivity contribution >= 4 is 28.8 Å². The highest BCUT2D eigenvalue weighted by molar-refractivity contribution is 5.99. The number of rotatable bonds is 8. The zero-order valence-electron chi connectivity index (χ0n) is 18.4. The number of amides is 2. The Hall–Kier alpha value is -3.46. The van der Waals surface area contributed by atoms with Crippen LogP contribution < -0.4 is 16.1 Å². The number of aromatic nitrogens is 3. The molecule has 9 heteroatoms. The summed E-state index contributed by atoms with van der Waals surface area (Å²) in [6.07, 6.45) is 4.87. The van der Waals surface area contributed by atoms with Crippen LogP contribution in [0.5, 0.6) is 0 Å². The first-order valence-electron chi connectivity index (χ1n) is 10.2. The van der Waals surface area contributed by atoms with Crippen LogP contribution in [-0.2, 0) is 4.84 Å². The van der Waals surface area contributed by atoms with Gasteiger partial charge in [0.05, 0.1) is 12.7 Å².